The van der Waals surface area contributed by atoms with E-state index in [9.17, 15) is 4.79 Å². The molecule has 3 rings (SSSR count). The average Bonchev–Trinajstić information content (AvgIpc) is 2.59. The van der Waals surface area contributed by atoms with Gasteiger partial charge >= 0.3 is 0 Å². The molecule has 0 spiro atoms. The molecule has 1 amide bonds. The number of anilines is 5. The van der Waals surface area contributed by atoms with Crippen molar-refractivity contribution in [1.29, 1.82) is 0 Å². The number of rotatable bonds is 5. The summed E-state index contributed by atoms with van der Waals surface area (Å²) in [6.45, 7) is 1.46. The molecular weight excluding hydrogens is 373 g/mol. The number of aromatic nitrogens is 2. The average molecular weight is 388 g/mol. The minimum atomic E-state index is -0.136. The molecule has 1 aromatic heterocycles. The second-order valence-corrected chi connectivity index (χ2v) is 6.16. The number of carbonyl (C=O) groups excluding carboxylic acids is 1. The number of benzene rings is 2. The topological polar surface area (TPSA) is 78.9 Å². The van der Waals surface area contributed by atoms with Crippen LogP contribution in [-0.2, 0) is 4.79 Å². The molecule has 8 heteroatoms. The molecule has 0 fully saturated rings. The maximum atomic E-state index is 11.2. The lowest BCUT2D eigenvalue weighted by molar-refractivity contribution is -0.114. The summed E-state index contributed by atoms with van der Waals surface area (Å²) >= 11 is 12.2. The van der Waals surface area contributed by atoms with Crippen LogP contribution >= 0.6 is 23.2 Å². The van der Waals surface area contributed by atoms with Crippen molar-refractivity contribution in [1.82, 2.24) is 9.97 Å². The number of carbonyl (C=O) groups is 1. The van der Waals surface area contributed by atoms with Crippen molar-refractivity contribution >= 4 is 57.9 Å². The Bertz CT molecular complexity index is 948. The van der Waals surface area contributed by atoms with Crippen LogP contribution in [0.3, 0.4) is 0 Å². The van der Waals surface area contributed by atoms with E-state index in [0.717, 1.165) is 5.69 Å². The van der Waals surface area contributed by atoms with E-state index in [-0.39, 0.29) is 5.91 Å². The highest BCUT2D eigenvalue weighted by atomic mass is 35.5. The van der Waals surface area contributed by atoms with E-state index in [1.165, 1.54) is 6.92 Å². The van der Waals surface area contributed by atoms with Gasteiger partial charge in [0.25, 0.3) is 0 Å². The molecule has 0 atom stereocenters. The first kappa shape index (κ1) is 18.0. The van der Waals surface area contributed by atoms with Gasteiger partial charge in [-0.15, -0.1) is 0 Å². The Morgan fingerprint density at radius 1 is 1.00 bits per heavy atom. The van der Waals surface area contributed by atoms with E-state index in [0.29, 0.717) is 33.2 Å². The second kappa shape index (κ2) is 8.03. The summed E-state index contributed by atoms with van der Waals surface area (Å²) in [5.74, 6) is 0.820. The molecule has 132 valence electrons. The first-order valence-corrected chi connectivity index (χ1v) is 8.45. The maximum absolute atomic E-state index is 11.2. The van der Waals surface area contributed by atoms with Crippen LogP contribution in [0.25, 0.3) is 0 Å². The molecule has 3 N–H and O–H groups in total. The SMILES string of the molecule is CC(=O)Nc1cccc(Nc2nccc(Nc3cccc(Cl)c3Cl)n2)c1. The Hall–Kier alpha value is -2.83. The second-order valence-electron chi connectivity index (χ2n) is 5.38. The third-order valence-electron chi connectivity index (χ3n) is 3.31. The van der Waals surface area contributed by atoms with Crippen molar-refractivity contribution in [2.75, 3.05) is 16.0 Å². The van der Waals surface area contributed by atoms with Crippen LogP contribution in [0.15, 0.2) is 54.7 Å². The van der Waals surface area contributed by atoms with Gasteiger partial charge in [-0.3, -0.25) is 4.79 Å². The summed E-state index contributed by atoms with van der Waals surface area (Å²) in [6, 6.07) is 14.3. The molecule has 0 saturated carbocycles. The lowest BCUT2D eigenvalue weighted by atomic mass is 10.2. The van der Waals surface area contributed by atoms with Crippen molar-refractivity contribution in [3.05, 3.63) is 64.8 Å². The van der Waals surface area contributed by atoms with Crippen LogP contribution in [-0.4, -0.2) is 15.9 Å². The molecule has 6 nitrogen and oxygen atoms in total. The predicted molar refractivity (Wildman–Crippen MR) is 106 cm³/mol. The van der Waals surface area contributed by atoms with Gasteiger partial charge < -0.3 is 16.0 Å². The predicted octanol–water partition coefficient (Wildman–Crippen LogP) is 5.23. The first-order chi connectivity index (χ1) is 12.5. The molecule has 26 heavy (non-hydrogen) atoms. The zero-order valence-corrected chi connectivity index (χ0v) is 15.3. The Kier molecular flexibility index (Phi) is 5.55. The minimum Gasteiger partial charge on any atom is -0.339 e. The van der Waals surface area contributed by atoms with Gasteiger partial charge in [0.15, 0.2) is 0 Å². The molecule has 0 saturated heterocycles. The van der Waals surface area contributed by atoms with Gasteiger partial charge in [-0.2, -0.15) is 4.98 Å². The van der Waals surface area contributed by atoms with Gasteiger partial charge in [0.1, 0.15) is 5.82 Å². The van der Waals surface area contributed by atoms with Crippen molar-refractivity contribution in [3.63, 3.8) is 0 Å². The van der Waals surface area contributed by atoms with Crippen molar-refractivity contribution < 1.29 is 4.79 Å². The lowest BCUT2D eigenvalue weighted by Gasteiger charge is -2.11. The van der Waals surface area contributed by atoms with Gasteiger partial charge in [0, 0.05) is 24.5 Å². The maximum Gasteiger partial charge on any atom is 0.229 e. The van der Waals surface area contributed by atoms with Gasteiger partial charge in [0.05, 0.1) is 15.7 Å². The monoisotopic (exact) mass is 387 g/mol. The molecular formula is C18H15Cl2N5O. The summed E-state index contributed by atoms with van der Waals surface area (Å²) < 4.78 is 0. The summed E-state index contributed by atoms with van der Waals surface area (Å²) in [7, 11) is 0. The Labute approximate surface area is 160 Å². The number of nitrogens with zero attached hydrogens (tertiary/aromatic N) is 2. The highest BCUT2D eigenvalue weighted by Gasteiger charge is 2.07. The number of nitrogens with one attached hydrogen (secondary N) is 3. The molecule has 0 aliphatic heterocycles. The molecule has 1 heterocycles. The highest BCUT2D eigenvalue weighted by molar-refractivity contribution is 6.43. The molecule has 0 unspecified atom stereocenters. The van der Waals surface area contributed by atoms with E-state index in [1.54, 1.807) is 42.6 Å². The third kappa shape index (κ3) is 4.62. The summed E-state index contributed by atoms with van der Waals surface area (Å²) in [4.78, 5) is 19.8. The van der Waals surface area contributed by atoms with Crippen molar-refractivity contribution in [2.24, 2.45) is 0 Å². The summed E-state index contributed by atoms with van der Waals surface area (Å²) in [5.41, 5.74) is 2.08. The number of amides is 1. The van der Waals surface area contributed by atoms with E-state index in [4.69, 9.17) is 23.2 Å². The van der Waals surface area contributed by atoms with E-state index in [2.05, 4.69) is 25.9 Å². The zero-order valence-electron chi connectivity index (χ0n) is 13.8. The Morgan fingerprint density at radius 3 is 2.58 bits per heavy atom. The fourth-order valence-corrected chi connectivity index (χ4v) is 2.58. The Morgan fingerprint density at radius 2 is 1.77 bits per heavy atom. The lowest BCUT2D eigenvalue weighted by Crippen LogP contribution is -2.06. The van der Waals surface area contributed by atoms with Gasteiger partial charge in [-0.05, 0) is 36.4 Å². The normalized spacial score (nSPS) is 10.3. The van der Waals surface area contributed by atoms with Crippen LogP contribution in [0, 0.1) is 0 Å². The fraction of sp³-hybridized carbons (Fsp3) is 0.0556. The van der Waals surface area contributed by atoms with Crippen LogP contribution < -0.4 is 16.0 Å². The van der Waals surface area contributed by atoms with Gasteiger partial charge in [-0.25, -0.2) is 4.98 Å². The largest absolute Gasteiger partial charge is 0.339 e. The molecule has 0 aliphatic rings. The Balaban J connectivity index is 1.77. The van der Waals surface area contributed by atoms with Crippen LogP contribution in [0.1, 0.15) is 6.92 Å². The summed E-state index contributed by atoms with van der Waals surface area (Å²) in [6.07, 6.45) is 1.62. The molecule has 0 aliphatic carbocycles. The quantitative estimate of drug-likeness (QED) is 0.558. The molecule has 2 aromatic carbocycles. The van der Waals surface area contributed by atoms with E-state index >= 15 is 0 Å². The zero-order chi connectivity index (χ0) is 18.5. The van der Waals surface area contributed by atoms with Crippen molar-refractivity contribution in [2.45, 2.75) is 6.92 Å². The van der Waals surface area contributed by atoms with Gasteiger partial charge in [0.2, 0.25) is 11.9 Å². The molecule has 0 radical (unpaired) electrons. The third-order valence-corrected chi connectivity index (χ3v) is 4.13. The minimum absolute atomic E-state index is 0.136. The first-order valence-electron chi connectivity index (χ1n) is 7.70. The van der Waals surface area contributed by atoms with E-state index in [1.807, 2.05) is 12.1 Å². The molecule has 0 bridgehead atoms. The summed E-state index contributed by atoms with van der Waals surface area (Å²) in [5, 5.41) is 9.82. The standard InChI is InChI=1S/C18H15Cl2N5O/c1-11(26)22-12-4-2-5-13(10-12)23-18-21-9-8-16(25-18)24-15-7-3-6-14(19)17(15)20/h2-10H,1H3,(H,22,26)(H2,21,23,24,25). The van der Waals surface area contributed by atoms with E-state index < -0.39 is 0 Å². The van der Waals surface area contributed by atoms with Crippen LogP contribution in [0.4, 0.5) is 28.8 Å². The number of halogens is 2. The van der Waals surface area contributed by atoms with Crippen LogP contribution in [0.5, 0.6) is 0 Å². The molecule has 3 aromatic rings. The smallest absolute Gasteiger partial charge is 0.229 e. The number of hydrogen-bond acceptors (Lipinski definition) is 5. The van der Waals surface area contributed by atoms with Crippen molar-refractivity contribution in [3.8, 4) is 0 Å². The highest BCUT2D eigenvalue weighted by Crippen LogP contribution is 2.31. The number of hydrogen-bond donors (Lipinski definition) is 3. The van der Waals surface area contributed by atoms with Crippen LogP contribution in [0.2, 0.25) is 10.0 Å². The van der Waals surface area contributed by atoms with Gasteiger partial charge in [-0.1, -0.05) is 35.3 Å². The fourth-order valence-electron chi connectivity index (χ4n) is 2.23.